The minimum Gasteiger partial charge on any atom is -0.504 e. The van der Waals surface area contributed by atoms with E-state index in [4.69, 9.17) is 4.74 Å². The van der Waals surface area contributed by atoms with Crippen molar-refractivity contribution in [3.63, 3.8) is 0 Å². The van der Waals surface area contributed by atoms with Crippen molar-refractivity contribution in [2.75, 3.05) is 13.6 Å². The number of benzene rings is 1. The molecule has 0 unspecified atom stereocenters. The summed E-state index contributed by atoms with van der Waals surface area (Å²) in [6.45, 7) is 0.780. The first-order chi connectivity index (χ1) is 10.6. The Kier molecular flexibility index (Phi) is 2.15. The Bertz CT molecular complexity index is 742. The Hall–Kier alpha value is -1.85. The highest BCUT2D eigenvalue weighted by Crippen LogP contribution is 2.62. The second-order valence-electron chi connectivity index (χ2n) is 6.86. The van der Waals surface area contributed by atoms with Crippen LogP contribution >= 0.6 is 0 Å². The van der Waals surface area contributed by atoms with Crippen LogP contribution in [0.1, 0.15) is 22.3 Å². The van der Waals surface area contributed by atoms with E-state index in [1.165, 1.54) is 6.07 Å². The maximum absolute atomic E-state index is 13.0. The number of phenols is 1. The highest BCUT2D eigenvalue weighted by atomic mass is 16.5. The van der Waals surface area contributed by atoms with Crippen LogP contribution in [0.5, 0.6) is 11.5 Å². The van der Waals surface area contributed by atoms with E-state index in [2.05, 4.69) is 4.90 Å². The quantitative estimate of drug-likeness (QED) is 0.695. The summed E-state index contributed by atoms with van der Waals surface area (Å²) >= 11 is 0. The zero-order chi connectivity index (χ0) is 15.2. The average molecular weight is 299 g/mol. The van der Waals surface area contributed by atoms with Crippen molar-refractivity contribution in [1.82, 2.24) is 4.90 Å². The van der Waals surface area contributed by atoms with Crippen molar-refractivity contribution in [3.05, 3.63) is 35.4 Å². The summed E-state index contributed by atoms with van der Waals surface area (Å²) in [6, 6.07) is 3.01. The van der Waals surface area contributed by atoms with Crippen LogP contribution in [0, 0.1) is 5.92 Å². The van der Waals surface area contributed by atoms with Gasteiger partial charge < -0.3 is 14.9 Å². The summed E-state index contributed by atoms with van der Waals surface area (Å²) in [5.74, 6) is 0.525. The number of phenolic OH excluding ortho intramolecular Hbond substituents is 1. The number of Topliss-reactive ketones (excluding diaryl/α,β-unsaturated/α-hetero) is 1. The molecule has 1 aromatic rings. The average Bonchev–Trinajstić information content (AvgIpc) is 2.85. The van der Waals surface area contributed by atoms with E-state index in [0.29, 0.717) is 11.3 Å². The highest BCUT2D eigenvalue weighted by Gasteiger charge is 2.66. The van der Waals surface area contributed by atoms with Gasteiger partial charge in [-0.15, -0.1) is 0 Å². The third kappa shape index (κ3) is 1.15. The van der Waals surface area contributed by atoms with E-state index in [9.17, 15) is 15.0 Å². The molecule has 5 heteroatoms. The lowest BCUT2D eigenvalue weighted by molar-refractivity contribution is -0.0386. The van der Waals surface area contributed by atoms with Gasteiger partial charge in [-0.3, -0.25) is 9.69 Å². The molecule has 2 bridgehead atoms. The second kappa shape index (κ2) is 3.73. The monoisotopic (exact) mass is 299 g/mol. The molecule has 0 aromatic heterocycles. The highest BCUT2D eigenvalue weighted by molar-refractivity contribution is 6.05. The van der Waals surface area contributed by atoms with E-state index in [0.717, 1.165) is 18.5 Å². The molecular weight excluding hydrogens is 282 g/mol. The molecule has 2 aliphatic carbocycles. The standard InChI is InChI=1S/C17H17NO4/c1-18-7-6-17-9-3-5-11(20)16(17)22-15-10(19)4-2-8(12(15)17)14(21)13(9)18/h2-5,9,11,13,16,19-20H,6-7H2,1H3/t9-,11-,13-,16-,17-/m0/s1. The molecule has 114 valence electrons. The van der Waals surface area contributed by atoms with Gasteiger partial charge in [0.1, 0.15) is 12.2 Å². The van der Waals surface area contributed by atoms with Crippen molar-refractivity contribution in [2.24, 2.45) is 5.92 Å². The first-order valence-electron chi connectivity index (χ1n) is 7.69. The van der Waals surface area contributed by atoms with E-state index in [1.54, 1.807) is 12.1 Å². The van der Waals surface area contributed by atoms with Crippen molar-refractivity contribution >= 4 is 5.78 Å². The molecule has 0 saturated carbocycles. The first kappa shape index (κ1) is 12.7. The van der Waals surface area contributed by atoms with Crippen LogP contribution in [0.15, 0.2) is 24.3 Å². The Morgan fingerprint density at radius 2 is 2.18 bits per heavy atom. The third-order valence-electron chi connectivity index (χ3n) is 6.00. The number of likely N-dealkylation sites (N-methyl/N-ethyl adjacent to an activating group) is 1. The zero-order valence-electron chi connectivity index (χ0n) is 12.2. The van der Waals surface area contributed by atoms with E-state index < -0.39 is 17.6 Å². The Balaban J connectivity index is 1.89. The Morgan fingerprint density at radius 3 is 3.00 bits per heavy atom. The summed E-state index contributed by atoms with van der Waals surface area (Å²) in [4.78, 5) is 15.1. The summed E-state index contributed by atoms with van der Waals surface area (Å²) < 4.78 is 5.98. The van der Waals surface area contributed by atoms with Gasteiger partial charge >= 0.3 is 0 Å². The molecule has 1 spiro atoms. The van der Waals surface area contributed by atoms with Gasteiger partial charge in [-0.2, -0.15) is 0 Å². The van der Waals surface area contributed by atoms with Crippen LogP contribution in [0.2, 0.25) is 0 Å². The van der Waals surface area contributed by atoms with E-state index in [1.807, 2.05) is 13.1 Å². The molecule has 1 saturated heterocycles. The largest absolute Gasteiger partial charge is 0.504 e. The van der Waals surface area contributed by atoms with Crippen molar-refractivity contribution in [3.8, 4) is 11.5 Å². The van der Waals surface area contributed by atoms with Gasteiger partial charge in [-0.1, -0.05) is 12.2 Å². The first-order valence-corrected chi connectivity index (χ1v) is 7.69. The van der Waals surface area contributed by atoms with Gasteiger partial charge in [0.15, 0.2) is 17.3 Å². The number of ketones is 1. The molecule has 2 aliphatic heterocycles. The zero-order valence-corrected chi connectivity index (χ0v) is 12.2. The van der Waals surface area contributed by atoms with Crippen LogP contribution in [0.4, 0.5) is 0 Å². The normalized spacial score (nSPS) is 41.3. The predicted molar refractivity (Wildman–Crippen MR) is 78.2 cm³/mol. The molecule has 0 amide bonds. The lowest BCUT2D eigenvalue weighted by Gasteiger charge is -2.55. The van der Waals surface area contributed by atoms with E-state index >= 15 is 0 Å². The molecule has 1 aromatic carbocycles. The number of nitrogens with zero attached hydrogens (tertiary/aromatic N) is 1. The van der Waals surface area contributed by atoms with Crippen LogP contribution in [0.25, 0.3) is 0 Å². The smallest absolute Gasteiger partial charge is 0.181 e. The number of rotatable bonds is 0. The van der Waals surface area contributed by atoms with Gasteiger partial charge in [-0.25, -0.2) is 0 Å². The SMILES string of the molecule is CN1CC[C@]23c4c5ccc(O)c4O[C@H]2[C@@H](O)C=C[C@H]3[C@H]1C5=O. The van der Waals surface area contributed by atoms with Gasteiger partial charge in [0.25, 0.3) is 0 Å². The lowest BCUT2D eigenvalue weighted by atomic mass is 9.53. The van der Waals surface area contributed by atoms with Gasteiger partial charge in [0, 0.05) is 22.5 Å². The number of ether oxygens (including phenoxy) is 1. The number of aromatic hydroxyl groups is 1. The molecular formula is C17H17NO4. The number of hydrogen-bond donors (Lipinski definition) is 2. The summed E-state index contributed by atoms with van der Waals surface area (Å²) in [5, 5.41) is 20.6. The van der Waals surface area contributed by atoms with Crippen molar-refractivity contribution in [1.29, 1.82) is 0 Å². The van der Waals surface area contributed by atoms with Crippen molar-refractivity contribution in [2.45, 2.75) is 30.1 Å². The number of carbonyl (C=O) groups excluding carboxylic acids is 1. The third-order valence-corrected chi connectivity index (χ3v) is 6.00. The minimum atomic E-state index is -0.715. The molecule has 5 nitrogen and oxygen atoms in total. The summed E-state index contributed by atoms with van der Waals surface area (Å²) in [7, 11) is 1.98. The van der Waals surface area contributed by atoms with Gasteiger partial charge in [-0.05, 0) is 32.1 Å². The molecule has 0 radical (unpaired) electrons. The Morgan fingerprint density at radius 1 is 1.36 bits per heavy atom. The second-order valence-corrected chi connectivity index (χ2v) is 6.86. The van der Waals surface area contributed by atoms with E-state index in [-0.39, 0.29) is 23.5 Å². The van der Waals surface area contributed by atoms with Crippen LogP contribution < -0.4 is 4.74 Å². The predicted octanol–water partition coefficient (Wildman–Crippen LogP) is 0.838. The topological polar surface area (TPSA) is 70.0 Å². The molecule has 22 heavy (non-hydrogen) atoms. The van der Waals surface area contributed by atoms with Crippen molar-refractivity contribution < 1.29 is 19.7 Å². The molecule has 4 aliphatic rings. The van der Waals surface area contributed by atoms with Gasteiger partial charge in [0.05, 0.1) is 6.04 Å². The molecule has 2 N–H and O–H groups in total. The number of aliphatic hydroxyl groups excluding tert-OH is 1. The minimum absolute atomic E-state index is 0.0114. The van der Waals surface area contributed by atoms with Crippen LogP contribution in [-0.2, 0) is 5.41 Å². The van der Waals surface area contributed by atoms with Crippen LogP contribution in [0.3, 0.4) is 0 Å². The maximum atomic E-state index is 13.0. The maximum Gasteiger partial charge on any atom is 0.181 e. The Labute approximate surface area is 127 Å². The van der Waals surface area contributed by atoms with Crippen LogP contribution in [-0.4, -0.2) is 52.7 Å². The molecule has 5 rings (SSSR count). The fourth-order valence-electron chi connectivity index (χ4n) is 5.09. The number of hydrogen-bond acceptors (Lipinski definition) is 5. The fourth-order valence-corrected chi connectivity index (χ4v) is 5.09. The molecule has 1 fully saturated rings. The fraction of sp³-hybridized carbons (Fsp3) is 0.471. The number of carbonyl (C=O) groups is 1. The summed E-state index contributed by atoms with van der Waals surface area (Å²) in [5.41, 5.74) is 1.06. The number of likely N-dealkylation sites (tertiary alicyclic amines) is 1. The summed E-state index contributed by atoms with van der Waals surface area (Å²) in [6.07, 6.45) is 3.39. The number of aliphatic hydroxyl groups is 1. The molecule has 2 heterocycles. The van der Waals surface area contributed by atoms with Gasteiger partial charge in [0.2, 0.25) is 0 Å². The lowest BCUT2D eigenvalue weighted by Crippen LogP contribution is -2.66. The molecule has 5 atom stereocenters. The number of piperidine rings is 1.